The van der Waals surface area contributed by atoms with Crippen LogP contribution in [0.25, 0.3) is 10.9 Å². The molecule has 3 aromatic rings. The quantitative estimate of drug-likeness (QED) is 0.600. The van der Waals surface area contributed by atoms with E-state index in [1.807, 2.05) is 0 Å². The van der Waals surface area contributed by atoms with E-state index in [-0.39, 0.29) is 28.6 Å². The number of benzene rings is 2. The minimum absolute atomic E-state index is 0.0162. The van der Waals surface area contributed by atoms with Crippen molar-refractivity contribution in [2.24, 2.45) is 0 Å². The number of sulfonamides is 1. The Hall–Kier alpha value is -3.46. The van der Waals surface area contributed by atoms with Gasteiger partial charge in [-0.05, 0) is 35.9 Å². The fraction of sp³-hybridized carbons (Fsp3) is 0.150. The second-order valence-corrected chi connectivity index (χ2v) is 7.91. The van der Waals surface area contributed by atoms with Crippen LogP contribution < -0.4 is 10.0 Å². The maximum Gasteiger partial charge on any atom is 0.337 e. The topological polar surface area (TPSA) is 114 Å². The van der Waals surface area contributed by atoms with Gasteiger partial charge in [0.15, 0.2) is 0 Å². The van der Waals surface area contributed by atoms with Crippen molar-refractivity contribution in [2.45, 2.75) is 18.4 Å². The Morgan fingerprint density at radius 3 is 2.59 bits per heavy atom. The number of fused-ring (bicyclic) bond motifs is 1. The molecule has 9 heteroatoms. The molecule has 3 rings (SSSR count). The number of para-hydroxylation sites is 1. The number of hydrogen-bond acceptors (Lipinski definition) is 6. The fourth-order valence-electron chi connectivity index (χ4n) is 2.82. The van der Waals surface area contributed by atoms with Crippen molar-refractivity contribution < 1.29 is 22.7 Å². The average Bonchev–Trinajstić information content (AvgIpc) is 2.70. The van der Waals surface area contributed by atoms with Gasteiger partial charge in [0.2, 0.25) is 5.91 Å². The van der Waals surface area contributed by atoms with E-state index in [1.54, 1.807) is 30.3 Å². The molecule has 0 atom stereocenters. The van der Waals surface area contributed by atoms with Gasteiger partial charge in [-0.3, -0.25) is 14.5 Å². The van der Waals surface area contributed by atoms with Crippen molar-refractivity contribution in [3.05, 3.63) is 65.9 Å². The molecule has 1 amide bonds. The molecule has 0 saturated carbocycles. The number of nitrogens with one attached hydrogen (secondary N) is 2. The molecule has 0 aliphatic heterocycles. The van der Waals surface area contributed by atoms with E-state index in [2.05, 4.69) is 15.0 Å². The number of ether oxygens (including phenoxy) is 1. The molecular formula is C20H19N3O5S. The van der Waals surface area contributed by atoms with Gasteiger partial charge < -0.3 is 10.1 Å². The Morgan fingerprint density at radius 1 is 1.10 bits per heavy atom. The summed E-state index contributed by atoms with van der Waals surface area (Å²) in [4.78, 5) is 27.4. The molecule has 1 aromatic heterocycles. The number of aromatic nitrogens is 1. The Bertz CT molecular complexity index is 1190. The molecule has 2 N–H and O–H groups in total. The van der Waals surface area contributed by atoms with Gasteiger partial charge in [-0.1, -0.05) is 18.2 Å². The van der Waals surface area contributed by atoms with E-state index in [9.17, 15) is 18.0 Å². The molecule has 0 radical (unpaired) electrons. The van der Waals surface area contributed by atoms with Gasteiger partial charge in [-0.25, -0.2) is 13.2 Å². The molecule has 1 heterocycles. The molecule has 0 saturated heterocycles. The fourth-order valence-corrected chi connectivity index (χ4v) is 4.04. The summed E-state index contributed by atoms with van der Waals surface area (Å²) >= 11 is 0. The van der Waals surface area contributed by atoms with Crippen LogP contribution in [0.1, 0.15) is 22.8 Å². The minimum atomic E-state index is -3.99. The second kappa shape index (κ2) is 8.27. The highest BCUT2D eigenvalue weighted by Crippen LogP contribution is 2.24. The first-order valence-electron chi connectivity index (χ1n) is 8.63. The van der Waals surface area contributed by atoms with Crippen LogP contribution >= 0.6 is 0 Å². The monoisotopic (exact) mass is 413 g/mol. The molecule has 0 unspecified atom stereocenters. The third-order valence-corrected chi connectivity index (χ3v) is 5.51. The van der Waals surface area contributed by atoms with E-state index < -0.39 is 16.0 Å². The standard InChI is InChI=1S/C20H19N3O5S/c1-13(24)22-12-14-9-16(20(25)28-2)11-17(10-14)23-29(26,27)18-7-3-5-15-6-4-8-21-19(15)18/h3-11,23H,12H2,1-2H3,(H,22,24). The highest BCUT2D eigenvalue weighted by molar-refractivity contribution is 7.93. The van der Waals surface area contributed by atoms with E-state index in [1.165, 1.54) is 38.4 Å². The summed E-state index contributed by atoms with van der Waals surface area (Å²) in [5.74, 6) is -0.876. The summed E-state index contributed by atoms with van der Waals surface area (Å²) in [7, 11) is -2.76. The predicted octanol–water partition coefficient (Wildman–Crippen LogP) is 2.46. The highest BCUT2D eigenvalue weighted by atomic mass is 32.2. The molecule has 0 fully saturated rings. The van der Waals surface area contributed by atoms with Crippen LogP contribution in [0.3, 0.4) is 0 Å². The van der Waals surface area contributed by atoms with Crippen LogP contribution in [-0.2, 0) is 26.1 Å². The number of carbonyl (C=O) groups is 2. The first-order chi connectivity index (χ1) is 13.8. The summed E-state index contributed by atoms with van der Waals surface area (Å²) in [5.41, 5.74) is 1.20. The smallest absolute Gasteiger partial charge is 0.337 e. The summed E-state index contributed by atoms with van der Waals surface area (Å²) in [6.45, 7) is 1.49. The number of pyridine rings is 1. The lowest BCUT2D eigenvalue weighted by Crippen LogP contribution is -2.20. The normalized spacial score (nSPS) is 11.1. The maximum atomic E-state index is 13.0. The lowest BCUT2D eigenvalue weighted by atomic mass is 10.1. The van der Waals surface area contributed by atoms with Crippen LogP contribution in [0.5, 0.6) is 0 Å². The Kier molecular flexibility index (Phi) is 5.79. The SMILES string of the molecule is COC(=O)c1cc(CNC(C)=O)cc(NS(=O)(=O)c2cccc3cccnc23)c1. The minimum Gasteiger partial charge on any atom is -0.465 e. The van der Waals surface area contributed by atoms with Gasteiger partial charge in [0, 0.05) is 25.1 Å². The van der Waals surface area contributed by atoms with Gasteiger partial charge in [-0.2, -0.15) is 0 Å². The van der Waals surface area contributed by atoms with Crippen LogP contribution in [0.4, 0.5) is 5.69 Å². The van der Waals surface area contributed by atoms with Gasteiger partial charge in [-0.15, -0.1) is 0 Å². The zero-order valence-corrected chi connectivity index (χ0v) is 16.6. The number of nitrogens with zero attached hydrogens (tertiary/aromatic N) is 1. The van der Waals surface area contributed by atoms with Crippen LogP contribution in [-0.4, -0.2) is 32.4 Å². The molecule has 2 aromatic carbocycles. The van der Waals surface area contributed by atoms with Crippen LogP contribution in [0.2, 0.25) is 0 Å². The van der Waals surface area contributed by atoms with Gasteiger partial charge in [0.05, 0.1) is 23.9 Å². The van der Waals surface area contributed by atoms with Crippen molar-refractivity contribution in [1.29, 1.82) is 0 Å². The molecule has 150 valence electrons. The van der Waals surface area contributed by atoms with Gasteiger partial charge >= 0.3 is 5.97 Å². The molecule has 0 bridgehead atoms. The number of rotatable bonds is 6. The van der Waals surface area contributed by atoms with E-state index in [0.717, 1.165) is 0 Å². The van der Waals surface area contributed by atoms with Gasteiger partial charge in [0.25, 0.3) is 10.0 Å². The van der Waals surface area contributed by atoms with Crippen LogP contribution in [0, 0.1) is 0 Å². The van der Waals surface area contributed by atoms with E-state index in [4.69, 9.17) is 4.74 Å². The summed E-state index contributed by atoms with van der Waals surface area (Å²) < 4.78 is 33.2. The van der Waals surface area contributed by atoms with E-state index in [0.29, 0.717) is 16.5 Å². The summed E-state index contributed by atoms with van der Waals surface area (Å²) in [6, 6.07) is 12.8. The molecule has 0 aliphatic carbocycles. The Morgan fingerprint density at radius 2 is 1.86 bits per heavy atom. The zero-order chi connectivity index (χ0) is 21.0. The van der Waals surface area contributed by atoms with Crippen molar-refractivity contribution >= 4 is 38.5 Å². The summed E-state index contributed by atoms with van der Waals surface area (Å²) in [5, 5.41) is 3.30. The second-order valence-electron chi connectivity index (χ2n) is 6.26. The zero-order valence-electron chi connectivity index (χ0n) is 15.8. The maximum absolute atomic E-state index is 13.0. The Labute approximate surface area is 168 Å². The van der Waals surface area contributed by atoms with Gasteiger partial charge in [0.1, 0.15) is 4.90 Å². The van der Waals surface area contributed by atoms with Crippen molar-refractivity contribution in [3.63, 3.8) is 0 Å². The van der Waals surface area contributed by atoms with E-state index >= 15 is 0 Å². The van der Waals surface area contributed by atoms with Crippen molar-refractivity contribution in [2.75, 3.05) is 11.8 Å². The number of carbonyl (C=O) groups excluding carboxylic acids is 2. The first kappa shape index (κ1) is 20.3. The number of methoxy groups -OCH3 is 1. The number of hydrogen-bond donors (Lipinski definition) is 2. The largest absolute Gasteiger partial charge is 0.465 e. The number of esters is 1. The number of anilines is 1. The molecular weight excluding hydrogens is 394 g/mol. The van der Waals surface area contributed by atoms with Crippen LogP contribution in [0.15, 0.2) is 59.6 Å². The molecule has 0 aliphatic rings. The first-order valence-corrected chi connectivity index (χ1v) is 10.1. The third-order valence-electron chi connectivity index (χ3n) is 4.09. The average molecular weight is 413 g/mol. The lowest BCUT2D eigenvalue weighted by molar-refractivity contribution is -0.119. The predicted molar refractivity (Wildman–Crippen MR) is 108 cm³/mol. The molecule has 0 spiro atoms. The lowest BCUT2D eigenvalue weighted by Gasteiger charge is -2.13. The molecule has 29 heavy (non-hydrogen) atoms. The Balaban J connectivity index is 2.02. The van der Waals surface area contributed by atoms with Crippen molar-refractivity contribution in [1.82, 2.24) is 10.3 Å². The molecule has 8 nitrogen and oxygen atoms in total. The third kappa shape index (κ3) is 4.69. The number of amides is 1. The van der Waals surface area contributed by atoms with Crippen molar-refractivity contribution in [3.8, 4) is 0 Å². The summed E-state index contributed by atoms with van der Waals surface area (Å²) in [6.07, 6.45) is 1.52. The highest BCUT2D eigenvalue weighted by Gasteiger charge is 2.19.